The van der Waals surface area contributed by atoms with Crippen LogP contribution in [0.1, 0.15) is 44.0 Å². The van der Waals surface area contributed by atoms with Gasteiger partial charge in [0.2, 0.25) is 5.95 Å². The molecule has 0 unspecified atom stereocenters. The first-order valence-electron chi connectivity index (χ1n) is 7.19. The van der Waals surface area contributed by atoms with Crippen molar-refractivity contribution in [2.24, 2.45) is 5.92 Å². The van der Waals surface area contributed by atoms with Gasteiger partial charge in [-0.05, 0) is 31.7 Å². The van der Waals surface area contributed by atoms with Crippen LogP contribution in [0.5, 0.6) is 0 Å². The monoisotopic (exact) mass is 277 g/mol. The molecule has 0 spiro atoms. The zero-order valence-electron chi connectivity index (χ0n) is 12.7. The van der Waals surface area contributed by atoms with Gasteiger partial charge in [0, 0.05) is 24.5 Å². The number of carbonyl (C=O) groups excluding carboxylic acids is 1. The van der Waals surface area contributed by atoms with Crippen LogP contribution in [0.3, 0.4) is 0 Å². The molecule has 1 aliphatic rings. The molecule has 0 aliphatic carbocycles. The highest BCUT2D eigenvalue weighted by molar-refractivity contribution is 5.72. The van der Waals surface area contributed by atoms with E-state index in [1.807, 2.05) is 13.0 Å². The number of anilines is 1. The quantitative estimate of drug-likeness (QED) is 0.793. The second-order valence-electron chi connectivity index (χ2n) is 5.67. The Morgan fingerprint density at radius 2 is 2.00 bits per heavy atom. The van der Waals surface area contributed by atoms with Crippen molar-refractivity contribution in [2.45, 2.75) is 39.5 Å². The third kappa shape index (κ3) is 3.26. The van der Waals surface area contributed by atoms with E-state index < -0.39 is 0 Å². The summed E-state index contributed by atoms with van der Waals surface area (Å²) in [6, 6.07) is 2.04. The molecule has 1 aliphatic heterocycles. The highest BCUT2D eigenvalue weighted by Gasteiger charge is 2.27. The molecule has 1 aromatic heterocycles. The average molecular weight is 277 g/mol. The molecule has 0 radical (unpaired) electrons. The van der Waals surface area contributed by atoms with E-state index in [2.05, 4.69) is 28.7 Å². The van der Waals surface area contributed by atoms with E-state index in [1.54, 1.807) is 0 Å². The zero-order chi connectivity index (χ0) is 14.7. The normalized spacial score (nSPS) is 16.6. The van der Waals surface area contributed by atoms with Gasteiger partial charge in [0.15, 0.2) is 0 Å². The minimum absolute atomic E-state index is 0.0191. The molecule has 110 valence electrons. The lowest BCUT2D eigenvalue weighted by Gasteiger charge is -2.31. The molecule has 0 aromatic carbocycles. The number of aryl methyl sites for hydroxylation is 1. The smallest absolute Gasteiger partial charge is 0.308 e. The van der Waals surface area contributed by atoms with E-state index in [1.165, 1.54) is 7.11 Å². The van der Waals surface area contributed by atoms with Crippen molar-refractivity contribution in [1.82, 2.24) is 9.97 Å². The van der Waals surface area contributed by atoms with E-state index in [0.717, 1.165) is 43.3 Å². The second kappa shape index (κ2) is 6.20. The summed E-state index contributed by atoms with van der Waals surface area (Å²) in [5.74, 6) is 1.10. The number of esters is 1. The second-order valence-corrected chi connectivity index (χ2v) is 5.67. The van der Waals surface area contributed by atoms with Gasteiger partial charge in [-0.3, -0.25) is 4.79 Å². The minimum Gasteiger partial charge on any atom is -0.469 e. The van der Waals surface area contributed by atoms with Gasteiger partial charge in [0.25, 0.3) is 0 Å². The van der Waals surface area contributed by atoms with Crippen molar-refractivity contribution in [3.63, 3.8) is 0 Å². The minimum atomic E-state index is -0.0994. The van der Waals surface area contributed by atoms with E-state index in [4.69, 9.17) is 4.74 Å². The number of piperidine rings is 1. The van der Waals surface area contributed by atoms with E-state index >= 15 is 0 Å². The molecule has 1 aromatic rings. The van der Waals surface area contributed by atoms with Crippen LogP contribution in [-0.2, 0) is 9.53 Å². The first-order valence-corrected chi connectivity index (χ1v) is 7.19. The van der Waals surface area contributed by atoms with Crippen LogP contribution in [0, 0.1) is 12.8 Å². The summed E-state index contributed by atoms with van der Waals surface area (Å²) in [5, 5.41) is 0. The third-order valence-corrected chi connectivity index (χ3v) is 3.77. The number of rotatable bonds is 3. The fourth-order valence-electron chi connectivity index (χ4n) is 2.50. The Morgan fingerprint density at radius 1 is 1.35 bits per heavy atom. The molecular weight excluding hydrogens is 254 g/mol. The van der Waals surface area contributed by atoms with Crippen molar-refractivity contribution in [1.29, 1.82) is 0 Å². The van der Waals surface area contributed by atoms with Gasteiger partial charge >= 0.3 is 5.97 Å². The van der Waals surface area contributed by atoms with Crippen molar-refractivity contribution in [2.75, 3.05) is 25.1 Å². The molecule has 0 saturated carbocycles. The van der Waals surface area contributed by atoms with Gasteiger partial charge in [-0.1, -0.05) is 13.8 Å². The Bertz CT molecular complexity index is 480. The van der Waals surface area contributed by atoms with Crippen LogP contribution in [0.25, 0.3) is 0 Å². The lowest BCUT2D eigenvalue weighted by Crippen LogP contribution is -2.37. The summed E-state index contributed by atoms with van der Waals surface area (Å²) >= 11 is 0. The zero-order valence-corrected chi connectivity index (χ0v) is 12.7. The largest absolute Gasteiger partial charge is 0.469 e. The SMILES string of the molecule is COC(=O)C1CCN(c2nc(C)cc(C(C)C)n2)CC1. The van der Waals surface area contributed by atoms with Crippen molar-refractivity contribution in [3.8, 4) is 0 Å². The molecule has 0 bridgehead atoms. The molecule has 20 heavy (non-hydrogen) atoms. The number of aromatic nitrogens is 2. The molecule has 5 nitrogen and oxygen atoms in total. The van der Waals surface area contributed by atoms with Gasteiger partial charge in [0.1, 0.15) is 0 Å². The van der Waals surface area contributed by atoms with Crippen molar-refractivity contribution < 1.29 is 9.53 Å². The van der Waals surface area contributed by atoms with Crippen LogP contribution in [-0.4, -0.2) is 36.1 Å². The first-order chi connectivity index (χ1) is 9.51. The molecular formula is C15H23N3O2. The lowest BCUT2D eigenvalue weighted by atomic mass is 9.97. The van der Waals surface area contributed by atoms with Gasteiger partial charge < -0.3 is 9.64 Å². The maximum Gasteiger partial charge on any atom is 0.308 e. The van der Waals surface area contributed by atoms with Crippen molar-refractivity contribution in [3.05, 3.63) is 17.5 Å². The number of hydrogen-bond donors (Lipinski definition) is 0. The maximum atomic E-state index is 11.5. The van der Waals surface area contributed by atoms with Crippen LogP contribution in [0.2, 0.25) is 0 Å². The fraction of sp³-hybridized carbons (Fsp3) is 0.667. The number of nitrogens with zero attached hydrogens (tertiary/aromatic N) is 3. The molecule has 0 N–H and O–H groups in total. The molecule has 2 rings (SSSR count). The predicted octanol–water partition coefficient (Wildman–Crippen LogP) is 2.30. The summed E-state index contributed by atoms with van der Waals surface area (Å²) in [7, 11) is 1.45. The Morgan fingerprint density at radius 3 is 2.55 bits per heavy atom. The standard InChI is InChI=1S/C15H23N3O2/c1-10(2)13-9-11(3)16-15(17-13)18-7-5-12(6-8-18)14(19)20-4/h9-10,12H,5-8H2,1-4H3. The summed E-state index contributed by atoms with van der Waals surface area (Å²) in [6.07, 6.45) is 1.61. The van der Waals surface area contributed by atoms with Crippen LogP contribution in [0.4, 0.5) is 5.95 Å². The molecule has 0 amide bonds. The Labute approximate surface area is 120 Å². The van der Waals surface area contributed by atoms with Crippen molar-refractivity contribution >= 4 is 11.9 Å². The van der Waals surface area contributed by atoms with Gasteiger partial charge in [-0.25, -0.2) is 9.97 Å². The summed E-state index contributed by atoms with van der Waals surface area (Å²) in [5.41, 5.74) is 2.07. The van der Waals surface area contributed by atoms with Gasteiger partial charge in [0.05, 0.1) is 13.0 Å². The van der Waals surface area contributed by atoms with E-state index in [-0.39, 0.29) is 11.9 Å². The molecule has 0 atom stereocenters. The number of methoxy groups -OCH3 is 1. The van der Waals surface area contributed by atoms with Crippen LogP contribution < -0.4 is 4.90 Å². The average Bonchev–Trinajstić information content (AvgIpc) is 2.46. The molecule has 5 heteroatoms. The number of carbonyl (C=O) groups is 1. The highest BCUT2D eigenvalue weighted by Crippen LogP contribution is 2.23. The third-order valence-electron chi connectivity index (χ3n) is 3.77. The lowest BCUT2D eigenvalue weighted by molar-refractivity contribution is -0.146. The predicted molar refractivity (Wildman–Crippen MR) is 77.8 cm³/mol. The Balaban J connectivity index is 2.09. The van der Waals surface area contributed by atoms with E-state index in [9.17, 15) is 4.79 Å². The number of hydrogen-bond acceptors (Lipinski definition) is 5. The van der Waals surface area contributed by atoms with E-state index in [0.29, 0.717) is 5.92 Å². The van der Waals surface area contributed by atoms with Crippen LogP contribution >= 0.6 is 0 Å². The molecule has 1 saturated heterocycles. The summed E-state index contributed by atoms with van der Waals surface area (Å²) in [6.45, 7) is 7.88. The fourth-order valence-corrected chi connectivity index (χ4v) is 2.50. The first kappa shape index (κ1) is 14.8. The van der Waals surface area contributed by atoms with Gasteiger partial charge in [-0.15, -0.1) is 0 Å². The number of ether oxygens (including phenoxy) is 1. The summed E-state index contributed by atoms with van der Waals surface area (Å²) < 4.78 is 4.81. The topological polar surface area (TPSA) is 55.3 Å². The van der Waals surface area contributed by atoms with Gasteiger partial charge in [-0.2, -0.15) is 0 Å². The Hall–Kier alpha value is -1.65. The van der Waals surface area contributed by atoms with Crippen LogP contribution in [0.15, 0.2) is 6.07 Å². The molecule has 2 heterocycles. The Kier molecular flexibility index (Phi) is 4.57. The summed E-state index contributed by atoms with van der Waals surface area (Å²) in [4.78, 5) is 22.9. The maximum absolute atomic E-state index is 11.5. The molecule has 1 fully saturated rings. The highest BCUT2D eigenvalue weighted by atomic mass is 16.5.